The molecule has 1 atom stereocenters. The van der Waals surface area contributed by atoms with E-state index in [9.17, 15) is 9.59 Å². The quantitative estimate of drug-likeness (QED) is 0.633. The number of primary amides is 1. The van der Waals surface area contributed by atoms with Crippen molar-refractivity contribution in [3.05, 3.63) is 23.8 Å². The van der Waals surface area contributed by atoms with E-state index in [-0.39, 0.29) is 23.7 Å². The van der Waals surface area contributed by atoms with E-state index in [1.54, 1.807) is 13.2 Å². The van der Waals surface area contributed by atoms with Crippen LogP contribution in [0.15, 0.2) is 18.2 Å². The Labute approximate surface area is 141 Å². The van der Waals surface area contributed by atoms with Crippen molar-refractivity contribution in [2.24, 2.45) is 17.6 Å². The molecule has 1 aromatic carbocycles. The zero-order chi connectivity index (χ0) is 17.1. The molecule has 0 bridgehead atoms. The Balaban J connectivity index is 1.65. The van der Waals surface area contributed by atoms with Crippen molar-refractivity contribution in [1.29, 1.82) is 0 Å². The summed E-state index contributed by atoms with van der Waals surface area (Å²) in [4.78, 5) is 25.4. The van der Waals surface area contributed by atoms with Crippen molar-refractivity contribution in [1.82, 2.24) is 4.90 Å². The first-order chi connectivity index (χ1) is 11.6. The third-order valence-electron chi connectivity index (χ3n) is 4.66. The molecule has 1 aromatic rings. The standard InChI is InChI=1S/C18H24N2O4/c1-23-16-9-12(4-7-15(16)24-18(22)13-5-6-13)10-20-8-2-3-14(11-20)17(19)21/h4,7,9,13-14H,2-3,5-6,8,10-11H2,1H3,(H2,19,21). The largest absolute Gasteiger partial charge is 0.493 e. The Morgan fingerprint density at radius 1 is 1.21 bits per heavy atom. The van der Waals surface area contributed by atoms with Crippen LogP contribution >= 0.6 is 0 Å². The zero-order valence-electron chi connectivity index (χ0n) is 14.0. The molecule has 2 fully saturated rings. The molecule has 0 radical (unpaired) electrons. The van der Waals surface area contributed by atoms with Gasteiger partial charge < -0.3 is 15.2 Å². The van der Waals surface area contributed by atoms with Gasteiger partial charge in [-0.25, -0.2) is 0 Å². The van der Waals surface area contributed by atoms with Crippen LogP contribution in [0, 0.1) is 11.8 Å². The van der Waals surface area contributed by atoms with E-state index >= 15 is 0 Å². The van der Waals surface area contributed by atoms with Gasteiger partial charge in [-0.2, -0.15) is 0 Å². The van der Waals surface area contributed by atoms with Crippen molar-refractivity contribution in [2.75, 3.05) is 20.2 Å². The van der Waals surface area contributed by atoms with Crippen LogP contribution in [0.3, 0.4) is 0 Å². The van der Waals surface area contributed by atoms with Gasteiger partial charge in [0.15, 0.2) is 11.5 Å². The lowest BCUT2D eigenvalue weighted by Gasteiger charge is -2.31. The molecular formula is C18H24N2O4. The molecule has 1 aliphatic carbocycles. The third-order valence-corrected chi connectivity index (χ3v) is 4.66. The molecule has 1 saturated carbocycles. The molecular weight excluding hydrogens is 308 g/mol. The molecule has 6 nitrogen and oxygen atoms in total. The lowest BCUT2D eigenvalue weighted by atomic mass is 9.97. The minimum Gasteiger partial charge on any atom is -0.493 e. The molecule has 24 heavy (non-hydrogen) atoms. The number of hydrogen-bond donors (Lipinski definition) is 1. The van der Waals surface area contributed by atoms with Gasteiger partial charge in [-0.1, -0.05) is 6.07 Å². The second-order valence-electron chi connectivity index (χ2n) is 6.66. The van der Waals surface area contributed by atoms with E-state index in [1.165, 1.54) is 0 Å². The summed E-state index contributed by atoms with van der Waals surface area (Å²) < 4.78 is 10.8. The predicted molar refractivity (Wildman–Crippen MR) is 88.5 cm³/mol. The van der Waals surface area contributed by atoms with E-state index < -0.39 is 0 Å². The van der Waals surface area contributed by atoms with Gasteiger partial charge in [-0.15, -0.1) is 0 Å². The number of esters is 1. The SMILES string of the molecule is COc1cc(CN2CCCC(C(N)=O)C2)ccc1OC(=O)C1CC1. The van der Waals surface area contributed by atoms with Crippen molar-refractivity contribution >= 4 is 11.9 Å². The monoisotopic (exact) mass is 332 g/mol. The fourth-order valence-corrected chi connectivity index (χ4v) is 3.09. The summed E-state index contributed by atoms with van der Waals surface area (Å²) in [7, 11) is 1.57. The van der Waals surface area contributed by atoms with Crippen LogP contribution in [0.1, 0.15) is 31.2 Å². The highest BCUT2D eigenvalue weighted by Crippen LogP contribution is 2.34. The first-order valence-electron chi connectivity index (χ1n) is 8.47. The van der Waals surface area contributed by atoms with Crippen molar-refractivity contribution in [2.45, 2.75) is 32.2 Å². The number of carbonyl (C=O) groups is 2. The van der Waals surface area contributed by atoms with E-state index in [2.05, 4.69) is 4.90 Å². The molecule has 0 aromatic heterocycles. The number of nitrogens with zero attached hydrogens (tertiary/aromatic N) is 1. The maximum Gasteiger partial charge on any atom is 0.314 e. The summed E-state index contributed by atoms with van der Waals surface area (Å²) in [5, 5.41) is 0. The van der Waals surface area contributed by atoms with Gasteiger partial charge in [0.1, 0.15) is 0 Å². The molecule has 0 spiro atoms. The van der Waals surface area contributed by atoms with Gasteiger partial charge in [-0.05, 0) is 49.9 Å². The van der Waals surface area contributed by atoms with Crippen LogP contribution in [-0.2, 0) is 16.1 Å². The fraction of sp³-hybridized carbons (Fsp3) is 0.556. The van der Waals surface area contributed by atoms with Crippen LogP contribution in [0.5, 0.6) is 11.5 Å². The molecule has 1 unspecified atom stereocenters. The highest BCUT2D eigenvalue weighted by Gasteiger charge is 2.32. The summed E-state index contributed by atoms with van der Waals surface area (Å²) in [6, 6.07) is 5.61. The Bertz CT molecular complexity index is 627. The first kappa shape index (κ1) is 16.8. The number of rotatable bonds is 6. The Hall–Kier alpha value is -2.08. The maximum atomic E-state index is 11.8. The number of ether oxygens (including phenoxy) is 2. The molecule has 3 rings (SSSR count). The molecule has 2 N–H and O–H groups in total. The van der Waals surface area contributed by atoms with Crippen LogP contribution in [0.25, 0.3) is 0 Å². The van der Waals surface area contributed by atoms with Gasteiger partial charge in [0.25, 0.3) is 0 Å². The van der Waals surface area contributed by atoms with Crippen molar-refractivity contribution < 1.29 is 19.1 Å². The number of piperidine rings is 1. The molecule has 1 heterocycles. The van der Waals surface area contributed by atoms with Gasteiger partial charge in [0, 0.05) is 13.1 Å². The normalized spacial score (nSPS) is 21.3. The second kappa shape index (κ2) is 7.21. The van der Waals surface area contributed by atoms with Crippen LogP contribution in [0.2, 0.25) is 0 Å². The summed E-state index contributed by atoms with van der Waals surface area (Å²) in [6.45, 7) is 2.36. The van der Waals surface area contributed by atoms with E-state index in [0.29, 0.717) is 18.0 Å². The topological polar surface area (TPSA) is 81.9 Å². The van der Waals surface area contributed by atoms with Crippen LogP contribution in [0.4, 0.5) is 0 Å². The minimum absolute atomic E-state index is 0.0495. The molecule has 1 saturated heterocycles. The minimum atomic E-state index is -0.223. The number of likely N-dealkylation sites (tertiary alicyclic amines) is 1. The summed E-state index contributed by atoms with van der Waals surface area (Å²) in [5.74, 6) is 0.602. The molecule has 2 aliphatic rings. The summed E-state index contributed by atoms with van der Waals surface area (Å²) in [5.41, 5.74) is 6.49. The Kier molecular flexibility index (Phi) is 5.04. The van der Waals surface area contributed by atoms with Crippen molar-refractivity contribution in [3.8, 4) is 11.5 Å². The number of methoxy groups -OCH3 is 1. The van der Waals surface area contributed by atoms with Gasteiger partial charge in [0.05, 0.1) is 18.9 Å². The lowest BCUT2D eigenvalue weighted by molar-refractivity contribution is -0.135. The van der Waals surface area contributed by atoms with E-state index in [4.69, 9.17) is 15.2 Å². The molecule has 6 heteroatoms. The Morgan fingerprint density at radius 2 is 2.00 bits per heavy atom. The summed E-state index contributed by atoms with van der Waals surface area (Å²) >= 11 is 0. The van der Waals surface area contributed by atoms with Gasteiger partial charge >= 0.3 is 5.97 Å². The van der Waals surface area contributed by atoms with Gasteiger partial charge in [0.2, 0.25) is 5.91 Å². The smallest absolute Gasteiger partial charge is 0.314 e. The predicted octanol–water partition coefficient (Wildman–Crippen LogP) is 1.71. The van der Waals surface area contributed by atoms with Crippen molar-refractivity contribution in [3.63, 3.8) is 0 Å². The fourth-order valence-electron chi connectivity index (χ4n) is 3.09. The summed E-state index contributed by atoms with van der Waals surface area (Å²) in [6.07, 6.45) is 3.66. The Morgan fingerprint density at radius 3 is 2.67 bits per heavy atom. The third kappa shape index (κ3) is 4.06. The number of nitrogens with two attached hydrogens (primary N) is 1. The highest BCUT2D eigenvalue weighted by atomic mass is 16.6. The van der Waals surface area contributed by atoms with E-state index in [1.807, 2.05) is 12.1 Å². The highest BCUT2D eigenvalue weighted by molar-refractivity contribution is 5.78. The molecule has 1 amide bonds. The number of hydrogen-bond acceptors (Lipinski definition) is 5. The first-order valence-corrected chi connectivity index (χ1v) is 8.47. The molecule has 130 valence electrons. The molecule has 1 aliphatic heterocycles. The number of amides is 1. The van der Waals surface area contributed by atoms with Crippen LogP contribution < -0.4 is 15.2 Å². The second-order valence-corrected chi connectivity index (χ2v) is 6.66. The number of benzene rings is 1. The number of carbonyl (C=O) groups excluding carboxylic acids is 2. The maximum absolute atomic E-state index is 11.8. The van der Waals surface area contributed by atoms with Crippen LogP contribution in [-0.4, -0.2) is 37.0 Å². The van der Waals surface area contributed by atoms with E-state index in [0.717, 1.165) is 44.3 Å². The lowest BCUT2D eigenvalue weighted by Crippen LogP contribution is -2.40. The average molecular weight is 332 g/mol. The van der Waals surface area contributed by atoms with Gasteiger partial charge in [-0.3, -0.25) is 14.5 Å². The average Bonchev–Trinajstić information content (AvgIpc) is 3.41. The zero-order valence-corrected chi connectivity index (χ0v) is 14.0.